The summed E-state index contributed by atoms with van der Waals surface area (Å²) in [5.41, 5.74) is 3.75. The summed E-state index contributed by atoms with van der Waals surface area (Å²) in [5, 5.41) is 9.72. The van der Waals surface area contributed by atoms with Crippen LogP contribution in [0.4, 0.5) is 0 Å². The van der Waals surface area contributed by atoms with Crippen molar-refractivity contribution in [3.05, 3.63) is 66.4 Å². The molecule has 0 spiro atoms. The Morgan fingerprint density at radius 2 is 2.08 bits per heavy atom. The molecule has 0 radical (unpaired) electrons. The van der Waals surface area contributed by atoms with E-state index >= 15 is 0 Å². The van der Waals surface area contributed by atoms with E-state index in [2.05, 4.69) is 30.5 Å². The summed E-state index contributed by atoms with van der Waals surface area (Å²) in [6, 6.07) is 13.1. The second kappa shape index (κ2) is 5.96. The van der Waals surface area contributed by atoms with Gasteiger partial charge in [-0.05, 0) is 30.3 Å². The van der Waals surface area contributed by atoms with Crippen molar-refractivity contribution in [1.29, 1.82) is 0 Å². The van der Waals surface area contributed by atoms with Crippen molar-refractivity contribution < 1.29 is 4.79 Å². The highest BCUT2D eigenvalue weighted by Gasteiger charge is 2.11. The van der Waals surface area contributed by atoms with Crippen molar-refractivity contribution in [3.8, 4) is 11.3 Å². The number of nitrogens with one attached hydrogen (secondary N) is 3. The van der Waals surface area contributed by atoms with E-state index in [1.54, 1.807) is 18.5 Å². The van der Waals surface area contributed by atoms with Crippen LogP contribution >= 0.6 is 0 Å². The highest BCUT2D eigenvalue weighted by molar-refractivity contribution is 5.93. The third-order valence-corrected chi connectivity index (χ3v) is 3.63. The van der Waals surface area contributed by atoms with Crippen molar-refractivity contribution in [2.45, 2.75) is 6.54 Å². The van der Waals surface area contributed by atoms with E-state index in [1.165, 1.54) is 0 Å². The molecule has 118 valence electrons. The molecule has 1 aromatic carbocycles. The molecule has 0 aliphatic heterocycles. The van der Waals surface area contributed by atoms with Gasteiger partial charge in [-0.2, -0.15) is 5.10 Å². The van der Waals surface area contributed by atoms with Crippen molar-refractivity contribution in [3.63, 3.8) is 0 Å². The molecular weight excluding hydrogens is 304 g/mol. The molecule has 0 aliphatic rings. The van der Waals surface area contributed by atoms with Gasteiger partial charge in [0.1, 0.15) is 11.5 Å². The molecule has 0 saturated heterocycles. The largest absolute Gasteiger partial charge is 0.343 e. The van der Waals surface area contributed by atoms with Crippen molar-refractivity contribution in [2.24, 2.45) is 0 Å². The maximum Gasteiger partial charge on any atom is 0.269 e. The van der Waals surface area contributed by atoms with Crippen LogP contribution in [0.5, 0.6) is 0 Å². The molecule has 0 saturated carbocycles. The molecule has 4 rings (SSSR count). The number of carbonyl (C=O) groups excluding carboxylic acids is 1. The van der Waals surface area contributed by atoms with Gasteiger partial charge >= 0.3 is 0 Å². The van der Waals surface area contributed by atoms with Crippen LogP contribution in [-0.2, 0) is 6.54 Å². The highest BCUT2D eigenvalue weighted by atomic mass is 16.1. The summed E-state index contributed by atoms with van der Waals surface area (Å²) in [4.78, 5) is 23.9. The first-order valence-electron chi connectivity index (χ1n) is 7.47. The number of carbonyl (C=O) groups is 1. The fourth-order valence-corrected chi connectivity index (χ4v) is 2.45. The topological polar surface area (TPSA) is 99.3 Å². The highest BCUT2D eigenvalue weighted by Crippen LogP contribution is 2.16. The summed E-state index contributed by atoms with van der Waals surface area (Å²) in [6.45, 7) is 0.314. The van der Waals surface area contributed by atoms with Crippen LogP contribution in [0.3, 0.4) is 0 Å². The average Bonchev–Trinajstić information content (AvgIpc) is 3.27. The van der Waals surface area contributed by atoms with Gasteiger partial charge in [-0.3, -0.25) is 14.9 Å². The molecule has 0 bridgehead atoms. The number of para-hydroxylation sites is 2. The minimum atomic E-state index is -0.238. The van der Waals surface area contributed by atoms with E-state index in [0.29, 0.717) is 23.8 Å². The number of fused-ring (bicyclic) bond motifs is 1. The summed E-state index contributed by atoms with van der Waals surface area (Å²) in [6.07, 6.45) is 3.39. The minimum Gasteiger partial charge on any atom is -0.343 e. The van der Waals surface area contributed by atoms with Gasteiger partial charge in [-0.25, -0.2) is 4.98 Å². The van der Waals surface area contributed by atoms with Gasteiger partial charge in [0.05, 0.1) is 23.3 Å². The first-order valence-corrected chi connectivity index (χ1v) is 7.47. The molecule has 3 aromatic heterocycles. The molecule has 4 aromatic rings. The number of hydrogen-bond acceptors (Lipinski definition) is 4. The molecule has 24 heavy (non-hydrogen) atoms. The van der Waals surface area contributed by atoms with E-state index in [1.807, 2.05) is 36.4 Å². The second-order valence-corrected chi connectivity index (χ2v) is 5.29. The number of pyridine rings is 1. The van der Waals surface area contributed by atoms with Crippen LogP contribution in [0, 0.1) is 0 Å². The van der Waals surface area contributed by atoms with Gasteiger partial charge in [0, 0.05) is 18.0 Å². The maximum absolute atomic E-state index is 12.2. The Kier molecular flexibility index (Phi) is 3.51. The lowest BCUT2D eigenvalue weighted by Gasteiger charge is -2.00. The molecule has 1 amide bonds. The number of amides is 1. The number of aromatic amines is 2. The standard InChI is InChI=1S/C17H14N6O/c24-17(15-8-14(22-23-15)11-4-3-7-18-9-11)19-10-16-20-12-5-1-2-6-13(12)21-16/h1-9H,10H2,(H,19,24)(H,20,21)(H,22,23). The Labute approximate surface area is 137 Å². The van der Waals surface area contributed by atoms with Crippen molar-refractivity contribution >= 4 is 16.9 Å². The number of nitrogens with zero attached hydrogens (tertiary/aromatic N) is 3. The molecule has 0 aliphatic carbocycles. The maximum atomic E-state index is 12.2. The van der Waals surface area contributed by atoms with E-state index in [9.17, 15) is 4.79 Å². The van der Waals surface area contributed by atoms with Gasteiger partial charge in [-0.15, -0.1) is 0 Å². The Hall–Kier alpha value is -3.48. The summed E-state index contributed by atoms with van der Waals surface area (Å²) < 4.78 is 0. The number of benzene rings is 1. The normalized spacial score (nSPS) is 10.8. The first-order chi connectivity index (χ1) is 11.8. The molecular formula is C17H14N6O. The lowest BCUT2D eigenvalue weighted by molar-refractivity contribution is 0.0945. The average molecular weight is 318 g/mol. The van der Waals surface area contributed by atoms with Crippen LogP contribution in [0.1, 0.15) is 16.3 Å². The molecule has 3 heterocycles. The smallest absolute Gasteiger partial charge is 0.269 e. The predicted octanol–water partition coefficient (Wildman–Crippen LogP) is 2.28. The quantitative estimate of drug-likeness (QED) is 0.537. The van der Waals surface area contributed by atoms with Crippen molar-refractivity contribution in [2.75, 3.05) is 0 Å². The van der Waals surface area contributed by atoms with Crippen molar-refractivity contribution in [1.82, 2.24) is 30.5 Å². The minimum absolute atomic E-state index is 0.238. The second-order valence-electron chi connectivity index (χ2n) is 5.29. The zero-order valence-corrected chi connectivity index (χ0v) is 12.7. The third kappa shape index (κ3) is 2.74. The predicted molar refractivity (Wildman–Crippen MR) is 89.1 cm³/mol. The molecule has 0 atom stereocenters. The fraction of sp³-hybridized carbons (Fsp3) is 0.0588. The number of imidazole rings is 1. The van der Waals surface area contributed by atoms with E-state index in [0.717, 1.165) is 16.6 Å². The monoisotopic (exact) mass is 318 g/mol. The molecule has 3 N–H and O–H groups in total. The van der Waals surface area contributed by atoms with E-state index < -0.39 is 0 Å². The van der Waals surface area contributed by atoms with Gasteiger partial charge in [-0.1, -0.05) is 12.1 Å². The van der Waals surface area contributed by atoms with Crippen LogP contribution in [0.25, 0.3) is 22.3 Å². The Morgan fingerprint density at radius 1 is 1.17 bits per heavy atom. The number of H-pyrrole nitrogens is 2. The first kappa shape index (κ1) is 14.1. The number of hydrogen-bond donors (Lipinski definition) is 3. The van der Waals surface area contributed by atoms with Gasteiger partial charge in [0.15, 0.2) is 0 Å². The molecule has 0 fully saturated rings. The summed E-state index contributed by atoms with van der Waals surface area (Å²) in [7, 11) is 0. The lowest BCUT2D eigenvalue weighted by atomic mass is 10.2. The number of aromatic nitrogens is 5. The van der Waals surface area contributed by atoms with Gasteiger partial charge in [0.25, 0.3) is 5.91 Å². The third-order valence-electron chi connectivity index (χ3n) is 3.63. The fourth-order valence-electron chi connectivity index (χ4n) is 2.45. The Morgan fingerprint density at radius 3 is 2.92 bits per heavy atom. The van der Waals surface area contributed by atoms with Crippen LogP contribution in [-0.4, -0.2) is 31.1 Å². The van der Waals surface area contributed by atoms with Gasteiger partial charge < -0.3 is 10.3 Å². The molecule has 0 unspecified atom stereocenters. The molecule has 7 heteroatoms. The zero-order valence-electron chi connectivity index (χ0n) is 12.7. The summed E-state index contributed by atoms with van der Waals surface area (Å²) >= 11 is 0. The Bertz CT molecular complexity index is 955. The lowest BCUT2D eigenvalue weighted by Crippen LogP contribution is -2.23. The summed E-state index contributed by atoms with van der Waals surface area (Å²) in [5.74, 6) is 0.467. The van der Waals surface area contributed by atoms with E-state index in [4.69, 9.17) is 0 Å². The molecule has 7 nitrogen and oxygen atoms in total. The van der Waals surface area contributed by atoms with Crippen LogP contribution < -0.4 is 5.32 Å². The van der Waals surface area contributed by atoms with Crippen LogP contribution in [0.2, 0.25) is 0 Å². The zero-order chi connectivity index (χ0) is 16.4. The SMILES string of the molecule is O=C(NCc1nc2ccccc2[nH]1)c1cc(-c2cccnc2)n[nH]1. The Balaban J connectivity index is 1.45. The van der Waals surface area contributed by atoms with Gasteiger partial charge in [0.2, 0.25) is 0 Å². The van der Waals surface area contributed by atoms with Crippen LogP contribution in [0.15, 0.2) is 54.9 Å². The number of rotatable bonds is 4. The van der Waals surface area contributed by atoms with E-state index in [-0.39, 0.29) is 5.91 Å².